The Morgan fingerprint density at radius 1 is 1.05 bits per heavy atom. The largest absolute Gasteiger partial charge is 0.496 e. The van der Waals surface area contributed by atoms with Crippen LogP contribution in [0.25, 0.3) is 11.1 Å². The van der Waals surface area contributed by atoms with Gasteiger partial charge in [-0.25, -0.2) is 4.79 Å². The Hall–Kier alpha value is -2.29. The number of methoxy groups -OCH3 is 1. The molecule has 0 unspecified atom stereocenters. The summed E-state index contributed by atoms with van der Waals surface area (Å²) in [4.78, 5) is 11.1. The normalized spacial score (nSPS) is 10.3. The zero-order valence-electron chi connectivity index (χ0n) is 11.2. The highest BCUT2D eigenvalue weighted by Crippen LogP contribution is 2.33. The third kappa shape index (κ3) is 2.60. The van der Waals surface area contributed by atoms with Gasteiger partial charge in [-0.3, -0.25) is 0 Å². The Kier molecular flexibility index (Phi) is 3.56. The number of aryl methyl sites for hydroxylation is 2. The van der Waals surface area contributed by atoms with Crippen LogP contribution in [-0.2, 0) is 0 Å². The zero-order chi connectivity index (χ0) is 14.0. The predicted molar refractivity (Wildman–Crippen MR) is 74.9 cm³/mol. The van der Waals surface area contributed by atoms with Crippen molar-refractivity contribution in [2.45, 2.75) is 13.8 Å². The van der Waals surface area contributed by atoms with E-state index in [1.807, 2.05) is 32.0 Å². The lowest BCUT2D eigenvalue weighted by Crippen LogP contribution is -1.98. The molecule has 0 atom stereocenters. The van der Waals surface area contributed by atoms with Crippen LogP contribution in [0, 0.1) is 13.8 Å². The Morgan fingerprint density at radius 3 is 2.42 bits per heavy atom. The SMILES string of the molecule is COc1ccc(C(=O)O)cc1-c1cc(C)ccc1C. The molecule has 0 spiro atoms. The zero-order valence-corrected chi connectivity index (χ0v) is 11.2. The van der Waals surface area contributed by atoms with Gasteiger partial charge in [-0.1, -0.05) is 23.8 Å². The first-order valence-corrected chi connectivity index (χ1v) is 6.02. The Bertz CT molecular complexity index is 630. The first kappa shape index (κ1) is 13.1. The fraction of sp³-hybridized carbons (Fsp3) is 0.188. The third-order valence-electron chi connectivity index (χ3n) is 3.13. The Balaban J connectivity index is 2.68. The number of carbonyl (C=O) groups is 1. The van der Waals surface area contributed by atoms with E-state index < -0.39 is 5.97 Å². The van der Waals surface area contributed by atoms with Gasteiger partial charge in [0.1, 0.15) is 5.75 Å². The van der Waals surface area contributed by atoms with E-state index >= 15 is 0 Å². The Labute approximate surface area is 112 Å². The molecule has 0 heterocycles. The highest BCUT2D eigenvalue weighted by Gasteiger charge is 2.12. The molecule has 0 aromatic heterocycles. The molecular formula is C16H16O3. The summed E-state index contributed by atoms with van der Waals surface area (Å²) in [6, 6.07) is 11.0. The van der Waals surface area contributed by atoms with Crippen molar-refractivity contribution in [1.29, 1.82) is 0 Å². The van der Waals surface area contributed by atoms with Crippen molar-refractivity contribution in [1.82, 2.24) is 0 Å². The molecule has 19 heavy (non-hydrogen) atoms. The van der Waals surface area contributed by atoms with E-state index in [2.05, 4.69) is 0 Å². The van der Waals surface area contributed by atoms with Gasteiger partial charge in [0.05, 0.1) is 12.7 Å². The van der Waals surface area contributed by atoms with E-state index in [9.17, 15) is 4.79 Å². The second-order valence-corrected chi connectivity index (χ2v) is 4.54. The van der Waals surface area contributed by atoms with Crippen LogP contribution in [0.3, 0.4) is 0 Å². The molecule has 1 N–H and O–H groups in total. The summed E-state index contributed by atoms with van der Waals surface area (Å²) in [7, 11) is 1.59. The van der Waals surface area contributed by atoms with Gasteiger partial charge in [0.2, 0.25) is 0 Å². The molecule has 2 aromatic carbocycles. The summed E-state index contributed by atoms with van der Waals surface area (Å²) in [5, 5.41) is 9.10. The molecule has 0 saturated carbocycles. The molecule has 0 aliphatic carbocycles. The van der Waals surface area contributed by atoms with Crippen molar-refractivity contribution in [3.8, 4) is 16.9 Å². The monoisotopic (exact) mass is 256 g/mol. The summed E-state index contributed by atoms with van der Waals surface area (Å²) in [6.45, 7) is 4.01. The van der Waals surface area contributed by atoms with E-state index in [-0.39, 0.29) is 5.56 Å². The number of hydrogen-bond acceptors (Lipinski definition) is 2. The van der Waals surface area contributed by atoms with Gasteiger partial charge < -0.3 is 9.84 Å². The number of rotatable bonds is 3. The molecular weight excluding hydrogens is 240 g/mol. The molecule has 3 nitrogen and oxygen atoms in total. The molecule has 98 valence electrons. The summed E-state index contributed by atoms with van der Waals surface area (Å²) < 4.78 is 5.34. The first-order chi connectivity index (χ1) is 9.02. The average Bonchev–Trinajstić information content (AvgIpc) is 2.40. The molecule has 2 aromatic rings. The van der Waals surface area contributed by atoms with E-state index in [4.69, 9.17) is 9.84 Å². The van der Waals surface area contributed by atoms with Crippen LogP contribution in [-0.4, -0.2) is 18.2 Å². The molecule has 0 aliphatic rings. The van der Waals surface area contributed by atoms with Crippen molar-refractivity contribution in [2.24, 2.45) is 0 Å². The maximum atomic E-state index is 11.1. The van der Waals surface area contributed by atoms with Gasteiger partial charge in [0.15, 0.2) is 0 Å². The number of benzene rings is 2. The van der Waals surface area contributed by atoms with E-state index in [1.54, 1.807) is 25.3 Å². The van der Waals surface area contributed by atoms with Gasteiger partial charge in [-0.2, -0.15) is 0 Å². The topological polar surface area (TPSA) is 46.5 Å². The number of carboxylic acid groups (broad SMARTS) is 1. The highest BCUT2D eigenvalue weighted by molar-refractivity contribution is 5.90. The highest BCUT2D eigenvalue weighted by atomic mass is 16.5. The number of carboxylic acids is 1. The molecule has 0 aliphatic heterocycles. The van der Waals surface area contributed by atoms with Gasteiger partial charge in [-0.05, 0) is 43.2 Å². The number of aromatic carboxylic acids is 1. The fourth-order valence-corrected chi connectivity index (χ4v) is 2.08. The van der Waals surface area contributed by atoms with Crippen LogP contribution in [0.5, 0.6) is 5.75 Å². The lowest BCUT2D eigenvalue weighted by Gasteiger charge is -2.12. The minimum absolute atomic E-state index is 0.261. The molecule has 0 fully saturated rings. The first-order valence-electron chi connectivity index (χ1n) is 6.02. The van der Waals surface area contributed by atoms with E-state index in [1.165, 1.54) is 0 Å². The van der Waals surface area contributed by atoms with Crippen molar-refractivity contribution < 1.29 is 14.6 Å². The van der Waals surface area contributed by atoms with Gasteiger partial charge >= 0.3 is 5.97 Å². The molecule has 0 saturated heterocycles. The quantitative estimate of drug-likeness (QED) is 0.911. The standard InChI is InChI=1S/C16H16O3/c1-10-4-5-11(2)13(8-10)14-9-12(16(17)18)6-7-15(14)19-3/h4-9H,1-3H3,(H,17,18). The van der Waals surface area contributed by atoms with Crippen molar-refractivity contribution in [3.05, 3.63) is 53.1 Å². The second kappa shape index (κ2) is 5.14. The fourth-order valence-electron chi connectivity index (χ4n) is 2.08. The minimum atomic E-state index is -0.936. The van der Waals surface area contributed by atoms with E-state index in [0.29, 0.717) is 5.75 Å². The van der Waals surface area contributed by atoms with Crippen LogP contribution >= 0.6 is 0 Å². The van der Waals surface area contributed by atoms with Crippen molar-refractivity contribution >= 4 is 5.97 Å². The summed E-state index contributed by atoms with van der Waals surface area (Å²) in [5.41, 5.74) is 4.29. The lowest BCUT2D eigenvalue weighted by atomic mass is 9.96. The Morgan fingerprint density at radius 2 is 1.79 bits per heavy atom. The van der Waals surface area contributed by atoms with Crippen LogP contribution in [0.4, 0.5) is 0 Å². The average molecular weight is 256 g/mol. The summed E-state index contributed by atoms with van der Waals surface area (Å²) >= 11 is 0. The molecule has 0 bridgehead atoms. The van der Waals surface area contributed by atoms with Crippen LogP contribution in [0.2, 0.25) is 0 Å². The summed E-state index contributed by atoms with van der Waals surface area (Å²) in [6.07, 6.45) is 0. The molecule has 3 heteroatoms. The molecule has 0 amide bonds. The van der Waals surface area contributed by atoms with Gasteiger partial charge in [0, 0.05) is 5.56 Å². The second-order valence-electron chi connectivity index (χ2n) is 4.54. The smallest absolute Gasteiger partial charge is 0.335 e. The maximum absolute atomic E-state index is 11.1. The van der Waals surface area contributed by atoms with Gasteiger partial charge in [0.25, 0.3) is 0 Å². The lowest BCUT2D eigenvalue weighted by molar-refractivity contribution is 0.0697. The summed E-state index contributed by atoms with van der Waals surface area (Å²) in [5.74, 6) is -0.257. The van der Waals surface area contributed by atoms with Gasteiger partial charge in [-0.15, -0.1) is 0 Å². The van der Waals surface area contributed by atoms with Crippen molar-refractivity contribution in [3.63, 3.8) is 0 Å². The van der Waals surface area contributed by atoms with Crippen molar-refractivity contribution in [2.75, 3.05) is 7.11 Å². The number of ether oxygens (including phenoxy) is 1. The molecule has 2 rings (SSSR count). The predicted octanol–water partition coefficient (Wildman–Crippen LogP) is 3.68. The minimum Gasteiger partial charge on any atom is -0.496 e. The maximum Gasteiger partial charge on any atom is 0.335 e. The molecule has 0 radical (unpaired) electrons. The van der Waals surface area contributed by atoms with E-state index in [0.717, 1.165) is 22.3 Å². The third-order valence-corrected chi connectivity index (χ3v) is 3.13. The van der Waals surface area contributed by atoms with Crippen LogP contribution < -0.4 is 4.74 Å². The number of hydrogen-bond donors (Lipinski definition) is 1. The van der Waals surface area contributed by atoms with Crippen LogP contribution in [0.15, 0.2) is 36.4 Å². The van der Waals surface area contributed by atoms with Crippen LogP contribution in [0.1, 0.15) is 21.5 Å².